The first kappa shape index (κ1) is 15.8. The van der Waals surface area contributed by atoms with Gasteiger partial charge in [0.15, 0.2) is 0 Å². The monoisotopic (exact) mass is 305 g/mol. The number of carbonyl (C=O) groups excluding carboxylic acids is 1. The Bertz CT molecular complexity index is 550. The number of rotatable bonds is 3. The molecule has 0 bridgehead atoms. The van der Waals surface area contributed by atoms with Crippen molar-refractivity contribution in [2.45, 2.75) is 31.5 Å². The topological polar surface area (TPSA) is 40.5 Å². The normalized spacial score (nSPS) is 17.5. The van der Waals surface area contributed by atoms with Gasteiger partial charge in [0.1, 0.15) is 5.82 Å². The van der Waals surface area contributed by atoms with Gasteiger partial charge >= 0.3 is 6.18 Å². The second kappa shape index (κ2) is 5.29. The Balaban J connectivity index is 2.18. The Hall–Kier alpha value is -1.63. The van der Waals surface area contributed by atoms with E-state index in [4.69, 9.17) is 0 Å². The van der Waals surface area contributed by atoms with E-state index in [0.717, 1.165) is 11.3 Å². The van der Waals surface area contributed by atoms with Crippen LogP contribution in [0.15, 0.2) is 18.2 Å². The van der Waals surface area contributed by atoms with Crippen LogP contribution < -0.4 is 0 Å². The van der Waals surface area contributed by atoms with Gasteiger partial charge in [-0.05, 0) is 24.6 Å². The van der Waals surface area contributed by atoms with Crippen molar-refractivity contribution in [1.29, 1.82) is 0 Å². The fourth-order valence-electron chi connectivity index (χ4n) is 2.47. The molecule has 0 spiro atoms. The highest BCUT2D eigenvalue weighted by atomic mass is 19.4. The van der Waals surface area contributed by atoms with Crippen LogP contribution in [0.5, 0.6) is 0 Å². The van der Waals surface area contributed by atoms with Crippen LogP contribution in [0.1, 0.15) is 35.7 Å². The van der Waals surface area contributed by atoms with Crippen LogP contribution in [0.25, 0.3) is 0 Å². The average Bonchev–Trinajstić information content (AvgIpc) is 2.34. The first-order chi connectivity index (χ1) is 9.66. The van der Waals surface area contributed by atoms with Crippen LogP contribution >= 0.6 is 0 Å². The quantitative estimate of drug-likeness (QED) is 0.872. The minimum Gasteiger partial charge on any atom is -0.386 e. The molecule has 1 aliphatic heterocycles. The van der Waals surface area contributed by atoms with Crippen molar-refractivity contribution >= 4 is 5.91 Å². The summed E-state index contributed by atoms with van der Waals surface area (Å²) in [4.78, 5) is 13.2. The number of halogens is 4. The summed E-state index contributed by atoms with van der Waals surface area (Å²) < 4.78 is 51.4. The van der Waals surface area contributed by atoms with Crippen molar-refractivity contribution in [3.8, 4) is 0 Å². The zero-order valence-electron chi connectivity index (χ0n) is 11.4. The van der Waals surface area contributed by atoms with Gasteiger partial charge in [-0.1, -0.05) is 13.3 Å². The molecular formula is C14H15F4NO2. The predicted octanol–water partition coefficient (Wildman–Crippen LogP) is 2.83. The number of hydrogen-bond donors (Lipinski definition) is 1. The van der Waals surface area contributed by atoms with Crippen LogP contribution in [0, 0.1) is 5.82 Å². The third-order valence-corrected chi connectivity index (χ3v) is 3.50. The molecule has 0 aliphatic carbocycles. The fraction of sp³-hybridized carbons (Fsp3) is 0.500. The Morgan fingerprint density at radius 3 is 2.52 bits per heavy atom. The number of aliphatic hydroxyl groups is 1. The third kappa shape index (κ3) is 3.18. The molecule has 0 radical (unpaired) electrons. The van der Waals surface area contributed by atoms with E-state index in [9.17, 15) is 27.5 Å². The van der Waals surface area contributed by atoms with Crippen molar-refractivity contribution in [3.63, 3.8) is 0 Å². The standard InChI is InChI=1S/C14H15F4NO2/c1-2-5-13(21)7-19(8-13)12(20)10-6-9(14(16,17)18)3-4-11(10)15/h3-4,6,21H,2,5,7-8H2,1H3. The first-order valence-corrected chi connectivity index (χ1v) is 6.55. The van der Waals surface area contributed by atoms with Gasteiger partial charge in [-0.15, -0.1) is 0 Å². The molecule has 1 aromatic carbocycles. The van der Waals surface area contributed by atoms with E-state index < -0.39 is 34.6 Å². The maximum Gasteiger partial charge on any atom is 0.416 e. The number of hydrogen-bond acceptors (Lipinski definition) is 2. The summed E-state index contributed by atoms with van der Waals surface area (Å²) >= 11 is 0. The lowest BCUT2D eigenvalue weighted by Gasteiger charge is -2.46. The molecule has 1 N–H and O–H groups in total. The fourth-order valence-corrected chi connectivity index (χ4v) is 2.47. The summed E-state index contributed by atoms with van der Waals surface area (Å²) in [7, 11) is 0. The summed E-state index contributed by atoms with van der Waals surface area (Å²) in [5.74, 6) is -1.83. The van der Waals surface area contributed by atoms with Crippen molar-refractivity contribution in [2.75, 3.05) is 13.1 Å². The summed E-state index contributed by atoms with van der Waals surface area (Å²) in [5, 5.41) is 9.96. The van der Waals surface area contributed by atoms with E-state index >= 15 is 0 Å². The molecular weight excluding hydrogens is 290 g/mol. The van der Waals surface area contributed by atoms with E-state index in [0.29, 0.717) is 24.6 Å². The maximum absolute atomic E-state index is 13.6. The van der Waals surface area contributed by atoms with Crippen molar-refractivity contribution in [2.24, 2.45) is 0 Å². The lowest BCUT2D eigenvalue weighted by atomic mass is 9.88. The molecule has 1 saturated heterocycles. The highest BCUT2D eigenvalue weighted by Gasteiger charge is 2.43. The van der Waals surface area contributed by atoms with E-state index in [-0.39, 0.29) is 13.1 Å². The molecule has 1 amide bonds. The van der Waals surface area contributed by atoms with Crippen molar-refractivity contribution < 1.29 is 27.5 Å². The number of benzene rings is 1. The van der Waals surface area contributed by atoms with Crippen molar-refractivity contribution in [1.82, 2.24) is 4.90 Å². The van der Waals surface area contributed by atoms with Gasteiger partial charge in [0.25, 0.3) is 5.91 Å². The molecule has 21 heavy (non-hydrogen) atoms. The van der Waals surface area contributed by atoms with Crippen molar-refractivity contribution in [3.05, 3.63) is 35.1 Å². The van der Waals surface area contributed by atoms with Gasteiger partial charge in [-0.2, -0.15) is 13.2 Å². The Morgan fingerprint density at radius 2 is 2.00 bits per heavy atom. The second-order valence-electron chi connectivity index (χ2n) is 5.33. The number of likely N-dealkylation sites (tertiary alicyclic amines) is 1. The highest BCUT2D eigenvalue weighted by Crippen LogP contribution is 2.32. The van der Waals surface area contributed by atoms with E-state index in [2.05, 4.69) is 0 Å². The number of β-amino-alcohol motifs (C(OH)–C–C–N with tert-alkyl or cyclic N) is 1. The molecule has 7 heteroatoms. The first-order valence-electron chi connectivity index (χ1n) is 6.55. The number of amides is 1. The third-order valence-electron chi connectivity index (χ3n) is 3.50. The molecule has 3 nitrogen and oxygen atoms in total. The highest BCUT2D eigenvalue weighted by molar-refractivity contribution is 5.95. The van der Waals surface area contributed by atoms with Crippen LogP contribution in [0.4, 0.5) is 17.6 Å². The van der Waals surface area contributed by atoms with Crippen LogP contribution in [-0.2, 0) is 6.18 Å². The molecule has 1 heterocycles. The minimum absolute atomic E-state index is 0.00928. The Labute approximate surface area is 119 Å². The Morgan fingerprint density at radius 1 is 1.38 bits per heavy atom. The van der Waals surface area contributed by atoms with Crippen LogP contribution in [0.3, 0.4) is 0 Å². The van der Waals surface area contributed by atoms with Gasteiger partial charge in [-0.25, -0.2) is 4.39 Å². The molecule has 0 unspecified atom stereocenters. The Kier molecular flexibility index (Phi) is 3.97. The number of nitrogens with zero attached hydrogens (tertiary/aromatic N) is 1. The van der Waals surface area contributed by atoms with Gasteiger partial charge in [0, 0.05) is 0 Å². The van der Waals surface area contributed by atoms with Gasteiger partial charge in [0.2, 0.25) is 0 Å². The molecule has 116 valence electrons. The number of alkyl halides is 3. The molecule has 1 fully saturated rings. The molecule has 1 aliphatic rings. The maximum atomic E-state index is 13.6. The van der Waals surface area contributed by atoms with E-state index in [1.165, 1.54) is 0 Å². The summed E-state index contributed by atoms with van der Waals surface area (Å²) in [6.07, 6.45) is -3.43. The number of carbonyl (C=O) groups is 1. The van der Waals surface area contributed by atoms with E-state index in [1.54, 1.807) is 0 Å². The largest absolute Gasteiger partial charge is 0.416 e. The summed E-state index contributed by atoms with van der Waals surface area (Å²) in [6, 6.07) is 1.73. The average molecular weight is 305 g/mol. The second-order valence-corrected chi connectivity index (χ2v) is 5.33. The zero-order valence-corrected chi connectivity index (χ0v) is 11.4. The smallest absolute Gasteiger partial charge is 0.386 e. The van der Waals surface area contributed by atoms with Gasteiger partial charge in [-0.3, -0.25) is 4.79 Å². The van der Waals surface area contributed by atoms with Crippen LogP contribution in [-0.4, -0.2) is 34.6 Å². The summed E-state index contributed by atoms with van der Waals surface area (Å²) in [6.45, 7) is 1.89. The SMILES string of the molecule is CCCC1(O)CN(C(=O)c2cc(C(F)(F)F)ccc2F)C1. The van der Waals surface area contributed by atoms with E-state index in [1.807, 2.05) is 6.92 Å². The molecule has 2 rings (SSSR count). The molecule has 0 aromatic heterocycles. The minimum atomic E-state index is -4.64. The van der Waals surface area contributed by atoms with Gasteiger partial charge in [0.05, 0.1) is 29.8 Å². The predicted molar refractivity (Wildman–Crippen MR) is 67.2 cm³/mol. The molecule has 0 saturated carbocycles. The molecule has 0 atom stereocenters. The zero-order chi connectivity index (χ0) is 15.8. The molecule has 1 aromatic rings. The van der Waals surface area contributed by atoms with Gasteiger partial charge < -0.3 is 10.0 Å². The summed E-state index contributed by atoms with van der Waals surface area (Å²) in [5.41, 5.74) is -2.71. The van der Waals surface area contributed by atoms with Crippen LogP contribution in [0.2, 0.25) is 0 Å². The lowest BCUT2D eigenvalue weighted by Crippen LogP contribution is -2.63. The lowest BCUT2D eigenvalue weighted by molar-refractivity contribution is -0.137.